The van der Waals surface area contributed by atoms with Crippen LogP contribution < -0.4 is 4.74 Å². The predicted molar refractivity (Wildman–Crippen MR) is 85.5 cm³/mol. The van der Waals surface area contributed by atoms with Crippen LogP contribution in [0.3, 0.4) is 0 Å². The number of nitrogens with zero attached hydrogens (tertiary/aromatic N) is 1. The van der Waals surface area contributed by atoms with Crippen LogP contribution in [0, 0.1) is 0 Å². The SMILES string of the molecule is COC(=O)c1cccc2ccn(Cc3ccc(OC(F)(F)F)cc3)c12. The molecule has 1 aromatic heterocycles. The molecule has 3 aromatic rings. The van der Waals surface area contributed by atoms with Crippen molar-refractivity contribution in [1.29, 1.82) is 0 Å². The molecule has 2 aromatic carbocycles. The number of carbonyl (C=O) groups is 1. The summed E-state index contributed by atoms with van der Waals surface area (Å²) in [5.41, 5.74) is 1.92. The Bertz CT molecular complexity index is 898. The fourth-order valence-corrected chi connectivity index (χ4v) is 2.66. The van der Waals surface area contributed by atoms with E-state index < -0.39 is 12.3 Å². The Morgan fingerprint density at radius 1 is 1.08 bits per heavy atom. The van der Waals surface area contributed by atoms with Gasteiger partial charge in [-0.15, -0.1) is 13.2 Å². The number of carbonyl (C=O) groups excluding carboxylic acids is 1. The molecule has 130 valence electrons. The number of methoxy groups -OCH3 is 1. The highest BCUT2D eigenvalue weighted by Crippen LogP contribution is 2.25. The fraction of sp³-hybridized carbons (Fsp3) is 0.167. The molecule has 25 heavy (non-hydrogen) atoms. The first kappa shape index (κ1) is 16.9. The summed E-state index contributed by atoms with van der Waals surface area (Å²) in [7, 11) is 1.31. The second-order valence-corrected chi connectivity index (χ2v) is 5.37. The molecule has 0 saturated heterocycles. The van der Waals surface area contributed by atoms with Gasteiger partial charge in [-0.2, -0.15) is 0 Å². The molecule has 0 aliphatic carbocycles. The Morgan fingerprint density at radius 2 is 1.80 bits per heavy atom. The average molecular weight is 349 g/mol. The zero-order valence-corrected chi connectivity index (χ0v) is 13.2. The number of hydrogen-bond donors (Lipinski definition) is 0. The molecular weight excluding hydrogens is 335 g/mol. The second-order valence-electron chi connectivity index (χ2n) is 5.37. The highest BCUT2D eigenvalue weighted by molar-refractivity contribution is 6.03. The molecule has 7 heteroatoms. The first-order chi connectivity index (χ1) is 11.9. The highest BCUT2D eigenvalue weighted by atomic mass is 19.4. The van der Waals surface area contributed by atoms with Gasteiger partial charge >= 0.3 is 12.3 Å². The Labute approximate surface area is 141 Å². The molecule has 0 unspecified atom stereocenters. The van der Waals surface area contributed by atoms with Crippen LogP contribution >= 0.6 is 0 Å². The van der Waals surface area contributed by atoms with Crippen molar-refractivity contribution in [3.63, 3.8) is 0 Å². The molecule has 4 nitrogen and oxygen atoms in total. The van der Waals surface area contributed by atoms with Crippen LogP contribution in [0.15, 0.2) is 54.7 Å². The average Bonchev–Trinajstić information content (AvgIpc) is 2.98. The van der Waals surface area contributed by atoms with Crippen molar-refractivity contribution < 1.29 is 27.4 Å². The third kappa shape index (κ3) is 3.76. The second kappa shape index (κ2) is 6.51. The lowest BCUT2D eigenvalue weighted by atomic mass is 10.1. The number of halogens is 3. The van der Waals surface area contributed by atoms with Gasteiger partial charge in [-0.3, -0.25) is 0 Å². The standard InChI is InChI=1S/C18H14F3NO3/c1-24-17(23)15-4-2-3-13-9-10-22(16(13)15)11-12-5-7-14(8-6-12)25-18(19,20)21/h2-10H,11H2,1H3. The highest BCUT2D eigenvalue weighted by Gasteiger charge is 2.30. The Kier molecular flexibility index (Phi) is 4.39. The van der Waals surface area contributed by atoms with E-state index in [4.69, 9.17) is 4.74 Å². The number of fused-ring (bicyclic) bond motifs is 1. The minimum atomic E-state index is -4.71. The number of benzene rings is 2. The van der Waals surface area contributed by atoms with Crippen LogP contribution in [0.1, 0.15) is 15.9 Å². The van der Waals surface area contributed by atoms with Gasteiger partial charge < -0.3 is 14.0 Å². The maximum Gasteiger partial charge on any atom is 0.573 e. The lowest BCUT2D eigenvalue weighted by Gasteiger charge is -2.11. The van der Waals surface area contributed by atoms with Gasteiger partial charge in [0.2, 0.25) is 0 Å². The van der Waals surface area contributed by atoms with E-state index in [1.165, 1.54) is 19.2 Å². The molecule has 1 heterocycles. The van der Waals surface area contributed by atoms with E-state index in [-0.39, 0.29) is 5.75 Å². The molecule has 0 N–H and O–H groups in total. The summed E-state index contributed by atoms with van der Waals surface area (Å²) >= 11 is 0. The van der Waals surface area contributed by atoms with Gasteiger partial charge in [-0.25, -0.2) is 4.79 Å². The molecule has 0 spiro atoms. The number of aromatic nitrogens is 1. The summed E-state index contributed by atoms with van der Waals surface area (Å²) in [5, 5.41) is 0.875. The van der Waals surface area contributed by atoms with E-state index in [0.29, 0.717) is 17.6 Å². The van der Waals surface area contributed by atoms with Gasteiger partial charge in [0.15, 0.2) is 0 Å². The topological polar surface area (TPSA) is 40.5 Å². The van der Waals surface area contributed by atoms with Gasteiger partial charge in [0, 0.05) is 18.1 Å². The Hall–Kier alpha value is -2.96. The van der Waals surface area contributed by atoms with Gasteiger partial charge in [-0.1, -0.05) is 24.3 Å². The van der Waals surface area contributed by atoms with E-state index in [0.717, 1.165) is 10.9 Å². The lowest BCUT2D eigenvalue weighted by molar-refractivity contribution is -0.274. The fourth-order valence-electron chi connectivity index (χ4n) is 2.66. The minimum absolute atomic E-state index is 0.274. The maximum atomic E-state index is 12.2. The summed E-state index contributed by atoms with van der Waals surface area (Å²) in [6.07, 6.45) is -2.90. The van der Waals surface area contributed by atoms with Crippen molar-refractivity contribution in [2.24, 2.45) is 0 Å². The molecule has 0 radical (unpaired) electrons. The summed E-state index contributed by atoms with van der Waals surface area (Å²) in [4.78, 5) is 11.9. The quantitative estimate of drug-likeness (QED) is 0.657. The molecule has 0 atom stereocenters. The summed E-state index contributed by atoms with van der Waals surface area (Å²) in [6, 6.07) is 12.8. The third-order valence-corrected chi connectivity index (χ3v) is 3.70. The lowest BCUT2D eigenvalue weighted by Crippen LogP contribution is -2.17. The van der Waals surface area contributed by atoms with Crippen molar-refractivity contribution >= 4 is 16.9 Å². The molecule has 0 saturated carbocycles. The number of ether oxygens (including phenoxy) is 2. The van der Waals surface area contributed by atoms with Gasteiger partial charge in [0.25, 0.3) is 0 Å². The van der Waals surface area contributed by atoms with Crippen LogP contribution in [0.25, 0.3) is 10.9 Å². The van der Waals surface area contributed by atoms with E-state index in [9.17, 15) is 18.0 Å². The van der Waals surface area contributed by atoms with Crippen molar-refractivity contribution in [3.8, 4) is 5.75 Å². The number of para-hydroxylation sites is 1. The summed E-state index contributed by atoms with van der Waals surface area (Å²) in [6.45, 7) is 0.393. The van der Waals surface area contributed by atoms with E-state index in [1.807, 2.05) is 22.9 Å². The van der Waals surface area contributed by atoms with Gasteiger partial charge in [-0.05, 0) is 29.8 Å². The monoisotopic (exact) mass is 349 g/mol. The van der Waals surface area contributed by atoms with Crippen LogP contribution in [0.5, 0.6) is 5.75 Å². The van der Waals surface area contributed by atoms with Crippen molar-refractivity contribution in [3.05, 3.63) is 65.9 Å². The van der Waals surface area contributed by atoms with E-state index in [1.54, 1.807) is 24.3 Å². The molecule has 0 aliphatic heterocycles. The summed E-state index contributed by atoms with van der Waals surface area (Å²) < 4.78 is 47.1. The zero-order chi connectivity index (χ0) is 18.0. The predicted octanol–water partition coefficient (Wildman–Crippen LogP) is 4.37. The van der Waals surface area contributed by atoms with Crippen molar-refractivity contribution in [2.75, 3.05) is 7.11 Å². The Balaban J connectivity index is 1.89. The first-order valence-corrected chi connectivity index (χ1v) is 7.38. The van der Waals surface area contributed by atoms with Crippen molar-refractivity contribution in [2.45, 2.75) is 12.9 Å². The van der Waals surface area contributed by atoms with Crippen LogP contribution in [0.4, 0.5) is 13.2 Å². The van der Waals surface area contributed by atoms with Crippen LogP contribution in [-0.4, -0.2) is 24.0 Å². The van der Waals surface area contributed by atoms with Gasteiger partial charge in [0.1, 0.15) is 5.75 Å². The van der Waals surface area contributed by atoms with E-state index >= 15 is 0 Å². The normalized spacial score (nSPS) is 11.5. The molecular formula is C18H14F3NO3. The third-order valence-electron chi connectivity index (χ3n) is 3.70. The number of alkyl halides is 3. The van der Waals surface area contributed by atoms with Crippen LogP contribution in [-0.2, 0) is 11.3 Å². The minimum Gasteiger partial charge on any atom is -0.465 e. The zero-order valence-electron chi connectivity index (χ0n) is 13.2. The molecule has 0 fully saturated rings. The molecule has 0 bridgehead atoms. The molecule has 0 amide bonds. The largest absolute Gasteiger partial charge is 0.573 e. The Morgan fingerprint density at radius 3 is 2.44 bits per heavy atom. The molecule has 0 aliphatic rings. The van der Waals surface area contributed by atoms with Gasteiger partial charge in [0.05, 0.1) is 18.2 Å². The summed E-state index contributed by atoms with van der Waals surface area (Å²) in [5.74, 6) is -0.719. The smallest absolute Gasteiger partial charge is 0.465 e. The number of rotatable bonds is 4. The first-order valence-electron chi connectivity index (χ1n) is 7.38. The van der Waals surface area contributed by atoms with Crippen molar-refractivity contribution in [1.82, 2.24) is 4.57 Å². The molecule has 3 rings (SSSR count). The van der Waals surface area contributed by atoms with Crippen LogP contribution in [0.2, 0.25) is 0 Å². The number of hydrogen-bond acceptors (Lipinski definition) is 3. The van der Waals surface area contributed by atoms with E-state index in [2.05, 4.69) is 4.74 Å². The number of esters is 1. The maximum absolute atomic E-state index is 12.2.